The summed E-state index contributed by atoms with van der Waals surface area (Å²) in [5.41, 5.74) is 1.49. The van der Waals surface area contributed by atoms with Crippen LogP contribution in [0.2, 0.25) is 0 Å². The van der Waals surface area contributed by atoms with Gasteiger partial charge in [0.15, 0.2) is 0 Å². The molecule has 0 saturated heterocycles. The number of aliphatic hydroxyl groups is 1. The third kappa shape index (κ3) is 5.27. The summed E-state index contributed by atoms with van der Waals surface area (Å²) in [4.78, 5) is 16.1. The topological polar surface area (TPSA) is 74.2 Å². The van der Waals surface area contributed by atoms with E-state index in [4.69, 9.17) is 0 Å². The van der Waals surface area contributed by atoms with E-state index in [0.29, 0.717) is 12.4 Å². The highest BCUT2D eigenvalue weighted by Crippen LogP contribution is 2.14. The molecule has 0 fully saturated rings. The van der Waals surface area contributed by atoms with Crippen LogP contribution >= 0.6 is 0 Å². The minimum absolute atomic E-state index is 0.0361. The largest absolute Gasteiger partial charge is 0.392 e. The second-order valence-corrected chi connectivity index (χ2v) is 6.21. The first kappa shape index (κ1) is 16.6. The van der Waals surface area contributed by atoms with Gasteiger partial charge in [-0.1, -0.05) is 19.9 Å². The molecule has 0 aliphatic rings. The molecule has 1 amide bonds. The smallest absolute Gasteiger partial charge is 0.228 e. The number of carbonyl (C=O) groups is 1. The van der Waals surface area contributed by atoms with E-state index in [1.165, 1.54) is 0 Å². The van der Waals surface area contributed by atoms with Crippen molar-refractivity contribution < 1.29 is 9.90 Å². The van der Waals surface area contributed by atoms with E-state index in [9.17, 15) is 9.90 Å². The Morgan fingerprint density at radius 1 is 1.35 bits per heavy atom. The first-order valence-corrected chi connectivity index (χ1v) is 6.88. The summed E-state index contributed by atoms with van der Waals surface area (Å²) >= 11 is 0. The highest BCUT2D eigenvalue weighted by atomic mass is 16.3. The van der Waals surface area contributed by atoms with Crippen LogP contribution in [0.15, 0.2) is 12.1 Å². The van der Waals surface area contributed by atoms with Gasteiger partial charge in [0.25, 0.3) is 0 Å². The average molecular weight is 279 g/mol. The normalized spacial score (nSPS) is 11.8. The summed E-state index contributed by atoms with van der Waals surface area (Å²) in [5, 5.41) is 15.5. The van der Waals surface area contributed by atoms with Crippen molar-refractivity contribution in [2.75, 3.05) is 5.32 Å². The van der Waals surface area contributed by atoms with Crippen LogP contribution in [0, 0.1) is 5.92 Å². The zero-order valence-electron chi connectivity index (χ0n) is 12.9. The fourth-order valence-corrected chi connectivity index (χ4v) is 1.52. The maximum Gasteiger partial charge on any atom is 0.228 e. The summed E-state index contributed by atoms with van der Waals surface area (Å²) in [6, 6.07) is 3.51. The van der Waals surface area contributed by atoms with Gasteiger partial charge in [0, 0.05) is 23.6 Å². The molecule has 0 aliphatic heterocycles. The zero-order valence-corrected chi connectivity index (χ0v) is 12.9. The summed E-state index contributed by atoms with van der Waals surface area (Å²) < 4.78 is 0. The Hall–Kier alpha value is -1.46. The van der Waals surface area contributed by atoms with Crippen molar-refractivity contribution in [3.05, 3.63) is 23.4 Å². The third-order valence-corrected chi connectivity index (χ3v) is 2.80. The van der Waals surface area contributed by atoms with Crippen molar-refractivity contribution in [1.29, 1.82) is 0 Å². The monoisotopic (exact) mass is 279 g/mol. The lowest BCUT2D eigenvalue weighted by atomic mass is 10.1. The number of anilines is 1. The van der Waals surface area contributed by atoms with Gasteiger partial charge in [0.2, 0.25) is 5.91 Å². The summed E-state index contributed by atoms with van der Waals surface area (Å²) in [6.45, 7) is 10.3. The average Bonchev–Trinajstić information content (AvgIpc) is 2.35. The molecule has 20 heavy (non-hydrogen) atoms. The summed E-state index contributed by atoms with van der Waals surface area (Å²) in [6.07, 6.45) is 0. The van der Waals surface area contributed by atoms with Gasteiger partial charge in [-0.2, -0.15) is 0 Å². The molecule has 112 valence electrons. The van der Waals surface area contributed by atoms with Gasteiger partial charge in [0.05, 0.1) is 12.3 Å². The molecule has 0 atom stereocenters. The van der Waals surface area contributed by atoms with Crippen LogP contribution < -0.4 is 10.6 Å². The number of amides is 1. The van der Waals surface area contributed by atoms with E-state index in [0.717, 1.165) is 11.3 Å². The number of pyridine rings is 1. The van der Waals surface area contributed by atoms with Crippen molar-refractivity contribution in [3.8, 4) is 0 Å². The van der Waals surface area contributed by atoms with Crippen LogP contribution in [-0.4, -0.2) is 21.5 Å². The van der Waals surface area contributed by atoms with Gasteiger partial charge in [-0.05, 0) is 26.8 Å². The quantitative estimate of drug-likeness (QED) is 0.771. The van der Waals surface area contributed by atoms with E-state index in [2.05, 4.69) is 36.4 Å². The molecule has 1 rings (SSSR count). The summed E-state index contributed by atoms with van der Waals surface area (Å²) in [5.74, 6) is 0.362. The highest BCUT2D eigenvalue weighted by molar-refractivity contribution is 5.91. The number of carbonyl (C=O) groups excluding carboxylic acids is 1. The molecule has 1 aromatic rings. The molecule has 5 nitrogen and oxygen atoms in total. The highest BCUT2D eigenvalue weighted by Gasteiger charge is 2.13. The third-order valence-electron chi connectivity index (χ3n) is 2.80. The molecule has 3 N–H and O–H groups in total. The van der Waals surface area contributed by atoms with Crippen molar-refractivity contribution in [3.63, 3.8) is 0 Å². The van der Waals surface area contributed by atoms with Crippen LogP contribution in [0.4, 0.5) is 5.82 Å². The maximum atomic E-state index is 11.7. The molecule has 1 heterocycles. The standard InChI is InChI=1S/C15H25N3O2/c1-10(2)14(20)18-13-7-6-11(9-19)12(17-13)8-16-15(3,4)5/h6-7,10,16,19H,8-9H2,1-5H3,(H,17,18,20). The number of nitrogens with one attached hydrogen (secondary N) is 2. The fraction of sp³-hybridized carbons (Fsp3) is 0.600. The number of hydrogen-bond donors (Lipinski definition) is 3. The maximum absolute atomic E-state index is 11.7. The molecule has 1 aromatic heterocycles. The number of nitrogens with zero attached hydrogens (tertiary/aromatic N) is 1. The molecule has 0 radical (unpaired) electrons. The molecule has 0 bridgehead atoms. The van der Waals surface area contributed by atoms with E-state index >= 15 is 0 Å². The Morgan fingerprint density at radius 3 is 2.50 bits per heavy atom. The second kappa shape index (κ2) is 6.81. The molecular weight excluding hydrogens is 254 g/mol. The van der Waals surface area contributed by atoms with Gasteiger partial charge >= 0.3 is 0 Å². The van der Waals surface area contributed by atoms with E-state index in [-0.39, 0.29) is 24.0 Å². The first-order valence-electron chi connectivity index (χ1n) is 6.88. The van der Waals surface area contributed by atoms with Gasteiger partial charge in [0.1, 0.15) is 5.82 Å². The zero-order chi connectivity index (χ0) is 15.3. The lowest BCUT2D eigenvalue weighted by molar-refractivity contribution is -0.118. The molecule has 0 unspecified atom stereocenters. The van der Waals surface area contributed by atoms with Gasteiger partial charge in [-0.25, -0.2) is 4.98 Å². The van der Waals surface area contributed by atoms with Gasteiger partial charge < -0.3 is 15.7 Å². The molecule has 0 aromatic carbocycles. The van der Waals surface area contributed by atoms with E-state index in [1.54, 1.807) is 12.1 Å². The molecule has 0 saturated carbocycles. The van der Waals surface area contributed by atoms with Crippen LogP contribution in [0.1, 0.15) is 45.9 Å². The van der Waals surface area contributed by atoms with Gasteiger partial charge in [-0.3, -0.25) is 4.79 Å². The SMILES string of the molecule is CC(C)C(=O)Nc1ccc(CO)c(CNC(C)(C)C)n1. The van der Waals surface area contributed by atoms with Crippen LogP contribution in [-0.2, 0) is 17.9 Å². The molecular formula is C15H25N3O2. The van der Waals surface area contributed by atoms with E-state index < -0.39 is 0 Å². The van der Waals surface area contributed by atoms with Crippen molar-refractivity contribution in [1.82, 2.24) is 10.3 Å². The van der Waals surface area contributed by atoms with E-state index in [1.807, 2.05) is 13.8 Å². The minimum Gasteiger partial charge on any atom is -0.392 e. The number of aromatic nitrogens is 1. The molecule has 0 aliphatic carbocycles. The van der Waals surface area contributed by atoms with Crippen LogP contribution in [0.3, 0.4) is 0 Å². The predicted octanol–water partition coefficient (Wildman–Crippen LogP) is 2.06. The number of rotatable bonds is 5. The minimum atomic E-state index is -0.0922. The lowest BCUT2D eigenvalue weighted by Gasteiger charge is -2.21. The van der Waals surface area contributed by atoms with Crippen molar-refractivity contribution >= 4 is 11.7 Å². The Bertz CT molecular complexity index is 465. The Kier molecular flexibility index (Phi) is 5.65. The fourth-order valence-electron chi connectivity index (χ4n) is 1.52. The second-order valence-electron chi connectivity index (χ2n) is 6.21. The predicted molar refractivity (Wildman–Crippen MR) is 80.2 cm³/mol. The molecule has 5 heteroatoms. The van der Waals surface area contributed by atoms with Crippen LogP contribution in [0.5, 0.6) is 0 Å². The molecule has 0 spiro atoms. The van der Waals surface area contributed by atoms with Crippen molar-refractivity contribution in [2.24, 2.45) is 5.92 Å². The van der Waals surface area contributed by atoms with Crippen LogP contribution in [0.25, 0.3) is 0 Å². The number of aliphatic hydroxyl groups excluding tert-OH is 1. The summed E-state index contributed by atoms with van der Waals surface area (Å²) in [7, 11) is 0. The van der Waals surface area contributed by atoms with Crippen molar-refractivity contribution in [2.45, 2.75) is 53.3 Å². The lowest BCUT2D eigenvalue weighted by Crippen LogP contribution is -2.35. The Labute approximate surface area is 120 Å². The Balaban J connectivity index is 2.88. The van der Waals surface area contributed by atoms with Gasteiger partial charge in [-0.15, -0.1) is 0 Å². The Morgan fingerprint density at radius 2 is 2.00 bits per heavy atom. The first-order chi connectivity index (χ1) is 9.23. The number of hydrogen-bond acceptors (Lipinski definition) is 4.